The number of aryl methyl sites for hydroxylation is 2. The summed E-state index contributed by atoms with van der Waals surface area (Å²) in [6, 6.07) is 18.0. The summed E-state index contributed by atoms with van der Waals surface area (Å²) in [6.07, 6.45) is 4.68. The number of rotatable bonds is 3. The van der Waals surface area contributed by atoms with Crippen LogP contribution in [-0.4, -0.2) is 0 Å². The molecule has 1 aliphatic carbocycles. The molecule has 0 aromatic heterocycles. The van der Waals surface area contributed by atoms with E-state index in [1.807, 2.05) is 0 Å². The third-order valence-electron chi connectivity index (χ3n) is 5.01. The first-order valence-electron chi connectivity index (χ1n) is 8.17. The van der Waals surface area contributed by atoms with E-state index in [2.05, 4.69) is 109 Å². The Labute approximate surface area is 188 Å². The molecule has 0 nitrogen and oxygen atoms in total. The van der Waals surface area contributed by atoms with Crippen molar-refractivity contribution >= 4 is 0 Å². The van der Waals surface area contributed by atoms with E-state index in [1.54, 1.807) is 0 Å². The molecule has 0 radical (unpaired) electrons. The van der Waals surface area contributed by atoms with Crippen molar-refractivity contribution in [3.63, 3.8) is 0 Å². The molecular formula is C22H23Cl3Ti. The van der Waals surface area contributed by atoms with Crippen LogP contribution in [0.3, 0.4) is 0 Å². The quantitative estimate of drug-likeness (QED) is 0.447. The van der Waals surface area contributed by atoms with Gasteiger partial charge >= 0.3 is 152 Å². The molecule has 1 atom stereocenters. The van der Waals surface area contributed by atoms with E-state index in [4.69, 9.17) is 0 Å². The molecular weight excluding hydrogens is 418 g/mol. The van der Waals surface area contributed by atoms with Gasteiger partial charge in [-0.1, -0.05) is 0 Å². The minimum Gasteiger partial charge on any atom is -1.00 e. The molecule has 1 unspecified atom stereocenters. The molecule has 26 heavy (non-hydrogen) atoms. The van der Waals surface area contributed by atoms with E-state index in [1.165, 1.54) is 33.4 Å². The molecule has 0 spiro atoms. The minimum absolute atomic E-state index is 0. The Morgan fingerprint density at radius 2 is 1.23 bits per heavy atom. The molecule has 0 heterocycles. The fourth-order valence-corrected chi connectivity index (χ4v) is 4.52. The second-order valence-corrected chi connectivity index (χ2v) is 8.06. The van der Waals surface area contributed by atoms with Gasteiger partial charge in [0.1, 0.15) is 0 Å². The van der Waals surface area contributed by atoms with Gasteiger partial charge < -0.3 is 37.2 Å². The zero-order valence-electron chi connectivity index (χ0n) is 15.5. The molecule has 0 fully saturated rings. The fraction of sp³-hybridized carbons (Fsp3) is 0.273. The van der Waals surface area contributed by atoms with E-state index in [0.29, 0.717) is 5.92 Å². The van der Waals surface area contributed by atoms with E-state index < -0.39 is 0 Å². The number of benzene rings is 2. The van der Waals surface area contributed by atoms with Crippen LogP contribution < -0.4 is 37.2 Å². The average Bonchev–Trinajstić information content (AvgIpc) is 2.76. The largest absolute Gasteiger partial charge is 1.00 e. The molecule has 3 rings (SSSR count). The molecule has 0 aliphatic heterocycles. The van der Waals surface area contributed by atoms with Gasteiger partial charge in [-0.2, -0.15) is 0 Å². The Balaban J connectivity index is 0.00000208. The summed E-state index contributed by atoms with van der Waals surface area (Å²) in [5, 5.41) is 0. The van der Waals surface area contributed by atoms with Crippen LogP contribution in [0.4, 0.5) is 0 Å². The van der Waals surface area contributed by atoms with Gasteiger partial charge in [0.2, 0.25) is 0 Å². The van der Waals surface area contributed by atoms with Crippen molar-refractivity contribution in [1.29, 1.82) is 0 Å². The molecule has 136 valence electrons. The standard InChI is InChI=1S/C22H23.3ClH.Ti/c1-15-7-5-9-19(13-15)22(20-10-6-8-16(2)14-20)21-12-11-17(3)18(21)4;;;;/h5-14,22H,1-4H3;3*1H;/q;;;;+3/p-3. The summed E-state index contributed by atoms with van der Waals surface area (Å²) in [5.74, 6) is 0.344. The summed E-state index contributed by atoms with van der Waals surface area (Å²) in [6.45, 7) is 8.86. The number of hydrogen-bond donors (Lipinski definition) is 0. The summed E-state index contributed by atoms with van der Waals surface area (Å²) in [7, 11) is 0. The van der Waals surface area contributed by atoms with Gasteiger partial charge in [0.15, 0.2) is 0 Å². The van der Waals surface area contributed by atoms with Crippen molar-refractivity contribution < 1.29 is 57.7 Å². The molecule has 0 N–H and O–H groups in total. The average molecular weight is 442 g/mol. The van der Waals surface area contributed by atoms with Crippen molar-refractivity contribution in [1.82, 2.24) is 0 Å². The summed E-state index contributed by atoms with van der Waals surface area (Å²) < 4.78 is 0.0334. The predicted octanol–water partition coefficient (Wildman–Crippen LogP) is -2.94. The molecule has 0 amide bonds. The van der Waals surface area contributed by atoms with Gasteiger partial charge in [0.25, 0.3) is 0 Å². The molecule has 0 saturated carbocycles. The van der Waals surface area contributed by atoms with Crippen LogP contribution in [0.2, 0.25) is 3.72 Å². The molecule has 0 bridgehead atoms. The SMILES string of the molecule is CC1=C(C)[C]([Ti+3])(C(c2cccc(C)c2)c2cccc(C)c2)C=C1.[Cl-].[Cl-].[Cl-]. The monoisotopic (exact) mass is 440 g/mol. The van der Waals surface area contributed by atoms with Gasteiger partial charge in [-0.25, -0.2) is 0 Å². The number of allylic oxidation sites excluding steroid dienone is 4. The Kier molecular flexibility index (Phi) is 9.97. The maximum Gasteiger partial charge on any atom is -1.00 e. The maximum atomic E-state index is 2.40. The van der Waals surface area contributed by atoms with Crippen LogP contribution in [0.1, 0.15) is 42.0 Å². The van der Waals surface area contributed by atoms with Crippen molar-refractivity contribution in [2.24, 2.45) is 0 Å². The molecule has 2 aromatic rings. The number of halogens is 3. The Morgan fingerprint density at radius 1 is 0.769 bits per heavy atom. The van der Waals surface area contributed by atoms with Crippen molar-refractivity contribution in [2.75, 3.05) is 0 Å². The normalized spacial score (nSPS) is 18.3. The Hall–Kier alpha value is -0.496. The Bertz CT molecular complexity index is 765. The third-order valence-corrected chi connectivity index (χ3v) is 6.31. The first-order valence-corrected chi connectivity index (χ1v) is 8.95. The van der Waals surface area contributed by atoms with E-state index >= 15 is 0 Å². The minimum atomic E-state index is 0. The first-order chi connectivity index (χ1) is 10.9. The predicted molar refractivity (Wildman–Crippen MR) is 94.4 cm³/mol. The first kappa shape index (κ1) is 25.5. The van der Waals surface area contributed by atoms with Gasteiger partial charge in [-0.05, 0) is 0 Å². The second-order valence-electron chi connectivity index (χ2n) is 6.77. The molecule has 4 heteroatoms. The van der Waals surface area contributed by atoms with Crippen LogP contribution in [0.25, 0.3) is 0 Å². The van der Waals surface area contributed by atoms with E-state index in [9.17, 15) is 0 Å². The van der Waals surface area contributed by atoms with Crippen molar-refractivity contribution in [3.8, 4) is 0 Å². The van der Waals surface area contributed by atoms with Gasteiger partial charge in [0.05, 0.1) is 0 Å². The van der Waals surface area contributed by atoms with Crippen molar-refractivity contribution in [2.45, 2.75) is 37.3 Å². The van der Waals surface area contributed by atoms with Crippen LogP contribution in [-0.2, 0) is 20.4 Å². The topological polar surface area (TPSA) is 0 Å². The zero-order chi connectivity index (χ0) is 16.6. The molecule has 1 aliphatic rings. The third kappa shape index (κ3) is 4.86. The van der Waals surface area contributed by atoms with Gasteiger partial charge in [-0.15, -0.1) is 0 Å². The zero-order valence-corrected chi connectivity index (χ0v) is 19.3. The van der Waals surface area contributed by atoms with Crippen LogP contribution in [0, 0.1) is 13.8 Å². The van der Waals surface area contributed by atoms with Gasteiger partial charge in [-0.3, -0.25) is 0 Å². The molecule has 0 saturated heterocycles. The summed E-state index contributed by atoms with van der Waals surface area (Å²) in [5.41, 5.74) is 8.32. The van der Waals surface area contributed by atoms with Crippen molar-refractivity contribution in [3.05, 3.63) is 94.1 Å². The van der Waals surface area contributed by atoms with Crippen LogP contribution in [0.15, 0.2) is 71.8 Å². The number of hydrogen-bond acceptors (Lipinski definition) is 0. The molecule has 2 aromatic carbocycles. The smallest absolute Gasteiger partial charge is 1.00 e. The maximum absolute atomic E-state index is 2.40. The van der Waals surface area contributed by atoms with Gasteiger partial charge in [0, 0.05) is 0 Å². The van der Waals surface area contributed by atoms with E-state index in [-0.39, 0.29) is 40.9 Å². The fourth-order valence-electron chi connectivity index (χ4n) is 3.56. The van der Waals surface area contributed by atoms with Crippen LogP contribution in [0.5, 0.6) is 0 Å². The second kappa shape index (κ2) is 10.2. The summed E-state index contributed by atoms with van der Waals surface area (Å²) >= 11 is 2.38. The van der Waals surface area contributed by atoms with Crippen LogP contribution >= 0.6 is 0 Å². The summed E-state index contributed by atoms with van der Waals surface area (Å²) in [4.78, 5) is 0. The Morgan fingerprint density at radius 3 is 1.58 bits per heavy atom. The van der Waals surface area contributed by atoms with E-state index in [0.717, 1.165) is 0 Å².